The molecule has 0 saturated heterocycles. The minimum atomic E-state index is -4.36. The van der Waals surface area contributed by atoms with Crippen LogP contribution in [0, 0.1) is 0 Å². The van der Waals surface area contributed by atoms with E-state index in [0.29, 0.717) is 6.42 Å². The van der Waals surface area contributed by atoms with Crippen LogP contribution in [0.3, 0.4) is 0 Å². The van der Waals surface area contributed by atoms with Gasteiger partial charge in [-0.3, -0.25) is 13.8 Å². The summed E-state index contributed by atoms with van der Waals surface area (Å²) in [5.74, 6) is -0.240. The van der Waals surface area contributed by atoms with E-state index >= 15 is 0 Å². The molecule has 316 valence electrons. The first kappa shape index (κ1) is 52.7. The molecule has 0 aliphatic carbocycles. The molecule has 0 aromatic rings. The Labute approximate surface area is 337 Å². The maximum atomic E-state index is 12.7. The molecule has 0 aromatic heterocycles. The van der Waals surface area contributed by atoms with E-state index in [0.717, 1.165) is 70.6 Å². The van der Waals surface area contributed by atoms with Crippen LogP contribution in [0.2, 0.25) is 0 Å². The molecule has 0 aliphatic rings. The summed E-state index contributed by atoms with van der Waals surface area (Å²) in [5.41, 5.74) is 5.37. The highest BCUT2D eigenvalue weighted by Gasteiger charge is 2.26. The Morgan fingerprint density at radius 2 is 1.05 bits per heavy atom. The lowest BCUT2D eigenvalue weighted by molar-refractivity contribution is -0.123. The number of hydrogen-bond donors (Lipinski definition) is 4. The number of nitrogens with one attached hydrogen (secondary N) is 1. The van der Waals surface area contributed by atoms with Crippen LogP contribution < -0.4 is 11.1 Å². The second kappa shape index (κ2) is 41.3. The van der Waals surface area contributed by atoms with Crippen LogP contribution in [0.15, 0.2) is 85.1 Å². The lowest BCUT2D eigenvalue weighted by Gasteiger charge is -2.23. The first-order valence-corrected chi connectivity index (χ1v) is 23.2. The molecule has 0 fully saturated rings. The molecule has 0 spiro atoms. The van der Waals surface area contributed by atoms with Gasteiger partial charge in [0.25, 0.3) is 0 Å². The SMILES string of the molecule is CC/C=C\C/C=C\C/C=C\C/C=C\C/C=C\C/C=C\CCCCC(=O)NC(COP(=O)(O)OCCN)C(O)/C=C/CCCCCCCCCCCCCCC. The van der Waals surface area contributed by atoms with Crippen molar-refractivity contribution in [3.8, 4) is 0 Å². The molecule has 0 heterocycles. The van der Waals surface area contributed by atoms with Crippen molar-refractivity contribution in [3.05, 3.63) is 85.1 Å². The highest BCUT2D eigenvalue weighted by molar-refractivity contribution is 7.47. The maximum Gasteiger partial charge on any atom is 0.472 e. The third-order valence-corrected chi connectivity index (χ3v) is 9.96. The van der Waals surface area contributed by atoms with Crippen molar-refractivity contribution in [3.63, 3.8) is 0 Å². The first-order chi connectivity index (χ1) is 26.9. The summed E-state index contributed by atoms with van der Waals surface area (Å²) in [7, 11) is -4.36. The summed E-state index contributed by atoms with van der Waals surface area (Å²) in [6.07, 6.45) is 54.9. The van der Waals surface area contributed by atoms with Crippen LogP contribution in [0.1, 0.15) is 168 Å². The van der Waals surface area contributed by atoms with Gasteiger partial charge in [-0.2, -0.15) is 0 Å². The normalized spacial score (nSPS) is 14.9. The quantitative estimate of drug-likeness (QED) is 0.0277. The molecule has 5 N–H and O–H groups in total. The van der Waals surface area contributed by atoms with Crippen molar-refractivity contribution >= 4 is 13.7 Å². The number of aliphatic hydroxyl groups is 1. The Morgan fingerprint density at radius 1 is 0.618 bits per heavy atom. The maximum absolute atomic E-state index is 12.7. The highest BCUT2D eigenvalue weighted by Crippen LogP contribution is 2.43. The van der Waals surface area contributed by atoms with E-state index in [-0.39, 0.29) is 32.1 Å². The van der Waals surface area contributed by atoms with Crippen molar-refractivity contribution in [2.75, 3.05) is 19.8 Å². The number of hydrogen-bond acceptors (Lipinski definition) is 6. The summed E-state index contributed by atoms with van der Waals surface area (Å²) < 4.78 is 22.1. The van der Waals surface area contributed by atoms with Crippen molar-refractivity contribution in [2.24, 2.45) is 5.73 Å². The molecule has 1 amide bonds. The molecular formula is C46H81N2O6P. The third-order valence-electron chi connectivity index (χ3n) is 8.98. The average molecular weight is 789 g/mol. The number of carbonyl (C=O) groups excluding carboxylic acids is 1. The Balaban J connectivity index is 4.34. The van der Waals surface area contributed by atoms with Gasteiger partial charge in [-0.1, -0.05) is 176 Å². The van der Waals surface area contributed by atoms with Crippen LogP contribution in [-0.2, 0) is 18.4 Å². The van der Waals surface area contributed by atoms with E-state index in [1.165, 1.54) is 70.6 Å². The number of amides is 1. The lowest BCUT2D eigenvalue weighted by Crippen LogP contribution is -2.45. The number of unbranched alkanes of at least 4 members (excludes halogenated alkanes) is 15. The number of aliphatic hydroxyl groups excluding tert-OH is 1. The summed E-state index contributed by atoms with van der Waals surface area (Å²) >= 11 is 0. The predicted octanol–water partition coefficient (Wildman–Crippen LogP) is 12.2. The fraction of sp³-hybridized carbons (Fsp3) is 0.674. The van der Waals surface area contributed by atoms with Gasteiger partial charge in [0.2, 0.25) is 5.91 Å². The third kappa shape index (κ3) is 39.7. The van der Waals surface area contributed by atoms with Gasteiger partial charge in [-0.15, -0.1) is 0 Å². The monoisotopic (exact) mass is 789 g/mol. The summed E-state index contributed by atoms with van der Waals surface area (Å²) in [6.45, 7) is 3.97. The Bertz CT molecular complexity index is 1130. The second-order valence-corrected chi connectivity index (χ2v) is 15.6. The van der Waals surface area contributed by atoms with E-state index < -0.39 is 20.0 Å². The molecule has 8 nitrogen and oxygen atoms in total. The number of carbonyl (C=O) groups is 1. The van der Waals surface area contributed by atoms with Crippen LogP contribution in [0.5, 0.6) is 0 Å². The number of allylic oxidation sites excluding steroid dienone is 13. The minimum Gasteiger partial charge on any atom is -0.387 e. The average Bonchev–Trinajstić information content (AvgIpc) is 3.17. The number of phosphoric acid groups is 1. The van der Waals surface area contributed by atoms with Gasteiger partial charge >= 0.3 is 7.82 Å². The van der Waals surface area contributed by atoms with E-state index in [1.807, 2.05) is 6.08 Å². The van der Waals surface area contributed by atoms with Crippen molar-refractivity contribution in [1.82, 2.24) is 5.32 Å². The summed E-state index contributed by atoms with van der Waals surface area (Å²) in [5, 5.41) is 13.6. The smallest absolute Gasteiger partial charge is 0.387 e. The van der Waals surface area contributed by atoms with E-state index in [4.69, 9.17) is 14.8 Å². The molecule has 0 bridgehead atoms. The molecule has 0 aromatic carbocycles. The van der Waals surface area contributed by atoms with Gasteiger partial charge in [-0.05, 0) is 70.6 Å². The zero-order chi connectivity index (χ0) is 40.3. The van der Waals surface area contributed by atoms with Crippen molar-refractivity contribution < 1.29 is 28.4 Å². The molecule has 3 atom stereocenters. The van der Waals surface area contributed by atoms with Gasteiger partial charge in [0, 0.05) is 13.0 Å². The Hall–Kier alpha value is -2.32. The molecular weight excluding hydrogens is 707 g/mol. The highest BCUT2D eigenvalue weighted by atomic mass is 31.2. The lowest BCUT2D eigenvalue weighted by atomic mass is 10.0. The van der Waals surface area contributed by atoms with Crippen molar-refractivity contribution in [1.29, 1.82) is 0 Å². The van der Waals surface area contributed by atoms with Crippen LogP contribution in [0.25, 0.3) is 0 Å². The molecule has 55 heavy (non-hydrogen) atoms. The van der Waals surface area contributed by atoms with Gasteiger partial charge in [0.15, 0.2) is 0 Å². The number of phosphoric ester groups is 1. The Morgan fingerprint density at radius 3 is 1.55 bits per heavy atom. The molecule has 3 unspecified atom stereocenters. The van der Waals surface area contributed by atoms with Crippen LogP contribution >= 0.6 is 7.82 Å². The topological polar surface area (TPSA) is 131 Å². The van der Waals surface area contributed by atoms with E-state index in [9.17, 15) is 19.4 Å². The zero-order valence-electron chi connectivity index (χ0n) is 34.9. The van der Waals surface area contributed by atoms with Gasteiger partial charge in [-0.25, -0.2) is 4.57 Å². The van der Waals surface area contributed by atoms with Crippen LogP contribution in [-0.4, -0.2) is 47.8 Å². The number of rotatable bonds is 39. The second-order valence-electron chi connectivity index (χ2n) is 14.2. The zero-order valence-corrected chi connectivity index (χ0v) is 35.8. The number of nitrogens with two attached hydrogens (primary N) is 1. The van der Waals surface area contributed by atoms with E-state index in [1.54, 1.807) is 6.08 Å². The van der Waals surface area contributed by atoms with Crippen LogP contribution in [0.4, 0.5) is 0 Å². The molecule has 0 rings (SSSR count). The molecule has 9 heteroatoms. The fourth-order valence-corrected chi connectivity index (χ4v) is 6.48. The summed E-state index contributed by atoms with van der Waals surface area (Å²) in [6, 6.07) is -0.888. The predicted molar refractivity (Wildman–Crippen MR) is 235 cm³/mol. The largest absolute Gasteiger partial charge is 0.472 e. The Kier molecular flexibility index (Phi) is 39.6. The standard InChI is InChI=1S/C46H81N2O6P/c1-3-5-7-9-11-13-15-17-19-20-21-22-23-24-26-28-30-32-34-36-38-40-46(50)48-44(43-54-55(51,52)53-42-41-47)45(49)39-37-35-33-31-29-27-25-18-16-14-12-10-8-6-4-2/h5,7,11,13,17,19,21-22,24,26,30,32,37,39,44-45,49H,3-4,6,8-10,12,14-16,18,20,23,25,27-29,31,33-36,38,40-43,47H2,1-2H3,(H,48,50)(H,51,52)/b7-5-,13-11-,19-17-,22-21-,26-24-,32-30-,39-37+. The summed E-state index contributed by atoms with van der Waals surface area (Å²) in [4.78, 5) is 22.7. The van der Waals surface area contributed by atoms with Gasteiger partial charge in [0.05, 0.1) is 25.4 Å². The van der Waals surface area contributed by atoms with Gasteiger partial charge < -0.3 is 21.1 Å². The van der Waals surface area contributed by atoms with Gasteiger partial charge in [0.1, 0.15) is 0 Å². The van der Waals surface area contributed by atoms with Crippen molar-refractivity contribution in [2.45, 2.75) is 180 Å². The fourth-order valence-electron chi connectivity index (χ4n) is 5.72. The first-order valence-electron chi connectivity index (χ1n) is 21.7. The molecule has 0 saturated carbocycles. The minimum absolute atomic E-state index is 0.0667. The van der Waals surface area contributed by atoms with E-state index in [2.05, 4.69) is 92.1 Å². The molecule has 0 aliphatic heterocycles. The molecule has 0 radical (unpaired) electrons.